The highest BCUT2D eigenvalue weighted by Gasteiger charge is 2.13. The van der Waals surface area contributed by atoms with E-state index < -0.39 is 11.9 Å². The molecule has 0 heterocycles. The molecule has 1 aromatic rings. The summed E-state index contributed by atoms with van der Waals surface area (Å²) >= 11 is 0. The fourth-order valence-corrected chi connectivity index (χ4v) is 0.997. The lowest BCUT2D eigenvalue weighted by atomic mass is 10.1. The van der Waals surface area contributed by atoms with Crippen LogP contribution < -0.4 is 0 Å². The van der Waals surface area contributed by atoms with Crippen LogP contribution in [0.1, 0.15) is 22.8 Å². The van der Waals surface area contributed by atoms with E-state index in [0.29, 0.717) is 5.56 Å². The summed E-state index contributed by atoms with van der Waals surface area (Å²) in [6.07, 6.45) is 0. The lowest BCUT2D eigenvalue weighted by Crippen LogP contribution is -2.11. The van der Waals surface area contributed by atoms with Gasteiger partial charge in [0.1, 0.15) is 0 Å². The summed E-state index contributed by atoms with van der Waals surface area (Å²) in [6.45, 7) is 6.52. The van der Waals surface area contributed by atoms with Gasteiger partial charge in [-0.3, -0.25) is 9.78 Å². The van der Waals surface area contributed by atoms with Crippen LogP contribution in [0.3, 0.4) is 0 Å². The van der Waals surface area contributed by atoms with Gasteiger partial charge in [-0.15, -0.1) is 0 Å². The minimum Gasteiger partial charge on any atom is -0.254 e. The first-order valence-corrected chi connectivity index (χ1v) is 4.83. The van der Waals surface area contributed by atoms with Gasteiger partial charge in [-0.2, -0.15) is 0 Å². The van der Waals surface area contributed by atoms with E-state index in [9.17, 15) is 9.59 Å². The van der Waals surface area contributed by atoms with Gasteiger partial charge in [-0.25, -0.2) is 9.59 Å². The van der Waals surface area contributed by atoms with Gasteiger partial charge >= 0.3 is 11.9 Å². The third kappa shape index (κ3) is 3.73. The number of carbonyl (C=O) groups is 2. The highest BCUT2D eigenvalue weighted by Crippen LogP contribution is 2.08. The summed E-state index contributed by atoms with van der Waals surface area (Å²) in [5.74, 6) is -1.54. The number of aryl methyl sites for hydroxylation is 1. The lowest BCUT2D eigenvalue weighted by Gasteiger charge is -2.03. The Bertz CT molecular complexity index is 450. The highest BCUT2D eigenvalue weighted by atomic mass is 17.5. The highest BCUT2D eigenvalue weighted by molar-refractivity contribution is 5.90. The molecular weight excluding hydrogens is 224 g/mol. The standard InChI is InChI=1S/C12H12O5/c1-8(2)11(13)15-17-16-12(14)10-7-5-4-6-9(10)3/h4-7H,1H2,2-3H3. The lowest BCUT2D eigenvalue weighted by molar-refractivity contribution is -0.451. The van der Waals surface area contributed by atoms with Crippen molar-refractivity contribution in [2.24, 2.45) is 0 Å². The van der Waals surface area contributed by atoms with E-state index in [1.54, 1.807) is 31.2 Å². The molecule has 0 saturated carbocycles. The topological polar surface area (TPSA) is 61.8 Å². The fraction of sp³-hybridized carbons (Fsp3) is 0.167. The van der Waals surface area contributed by atoms with Crippen molar-refractivity contribution < 1.29 is 24.4 Å². The van der Waals surface area contributed by atoms with Crippen LogP contribution in [-0.2, 0) is 19.6 Å². The van der Waals surface area contributed by atoms with Crippen LogP contribution >= 0.6 is 0 Å². The van der Waals surface area contributed by atoms with E-state index in [-0.39, 0.29) is 5.57 Å². The van der Waals surface area contributed by atoms with E-state index in [1.165, 1.54) is 6.92 Å². The van der Waals surface area contributed by atoms with Gasteiger partial charge in [0.15, 0.2) is 0 Å². The first-order valence-electron chi connectivity index (χ1n) is 4.83. The summed E-state index contributed by atoms with van der Waals surface area (Å²) < 4.78 is 0. The van der Waals surface area contributed by atoms with Crippen LogP contribution in [0.5, 0.6) is 0 Å². The first kappa shape index (κ1) is 12.9. The van der Waals surface area contributed by atoms with E-state index in [0.717, 1.165) is 5.56 Å². The largest absolute Gasteiger partial charge is 0.377 e. The molecule has 0 spiro atoms. The minimum atomic E-state index is -0.803. The maximum Gasteiger partial charge on any atom is 0.377 e. The van der Waals surface area contributed by atoms with Crippen LogP contribution in [-0.4, -0.2) is 11.9 Å². The van der Waals surface area contributed by atoms with Crippen molar-refractivity contribution in [3.05, 3.63) is 47.5 Å². The fourth-order valence-electron chi connectivity index (χ4n) is 0.997. The Morgan fingerprint density at radius 1 is 1.18 bits per heavy atom. The smallest absolute Gasteiger partial charge is 0.254 e. The number of benzene rings is 1. The predicted octanol–water partition coefficient (Wildman–Crippen LogP) is 2.12. The second kappa shape index (κ2) is 5.81. The van der Waals surface area contributed by atoms with Crippen molar-refractivity contribution in [3.63, 3.8) is 0 Å². The normalized spacial score (nSPS) is 9.53. The average molecular weight is 236 g/mol. The first-order chi connectivity index (χ1) is 8.02. The maximum absolute atomic E-state index is 11.5. The Kier molecular flexibility index (Phi) is 4.42. The molecule has 5 nitrogen and oxygen atoms in total. The van der Waals surface area contributed by atoms with Crippen molar-refractivity contribution in [3.8, 4) is 0 Å². The van der Waals surface area contributed by atoms with Gasteiger partial charge < -0.3 is 0 Å². The number of hydrogen-bond acceptors (Lipinski definition) is 5. The Hall–Kier alpha value is -2.14. The van der Waals surface area contributed by atoms with Gasteiger partial charge in [-0.05, 0) is 25.5 Å². The third-order valence-corrected chi connectivity index (χ3v) is 1.93. The summed E-state index contributed by atoms with van der Waals surface area (Å²) in [5, 5.41) is 4.07. The second-order valence-electron chi connectivity index (χ2n) is 3.40. The summed E-state index contributed by atoms with van der Waals surface area (Å²) in [7, 11) is 0. The van der Waals surface area contributed by atoms with Crippen molar-refractivity contribution in [1.29, 1.82) is 0 Å². The molecule has 0 N–H and O–H groups in total. The van der Waals surface area contributed by atoms with Gasteiger partial charge in [0.05, 0.1) is 5.56 Å². The number of rotatable bonds is 4. The minimum absolute atomic E-state index is 0.136. The van der Waals surface area contributed by atoms with Crippen LogP contribution in [0.4, 0.5) is 0 Å². The Morgan fingerprint density at radius 3 is 2.41 bits per heavy atom. The molecule has 5 heteroatoms. The van der Waals surface area contributed by atoms with E-state index in [1.807, 2.05) is 0 Å². The third-order valence-electron chi connectivity index (χ3n) is 1.93. The quantitative estimate of drug-likeness (QED) is 0.455. The SMILES string of the molecule is C=C(C)C(=O)OOOC(=O)c1ccccc1C. The molecule has 0 unspecified atom stereocenters. The van der Waals surface area contributed by atoms with Gasteiger partial charge in [-0.1, -0.05) is 24.8 Å². The average Bonchev–Trinajstić information content (AvgIpc) is 2.29. The van der Waals surface area contributed by atoms with Crippen molar-refractivity contribution in [1.82, 2.24) is 0 Å². The molecule has 1 rings (SSSR count). The predicted molar refractivity (Wildman–Crippen MR) is 58.6 cm³/mol. The molecule has 17 heavy (non-hydrogen) atoms. The molecule has 0 aliphatic rings. The zero-order valence-corrected chi connectivity index (χ0v) is 9.56. The molecule has 0 fully saturated rings. The molecule has 0 radical (unpaired) electrons. The second-order valence-corrected chi connectivity index (χ2v) is 3.40. The molecule has 0 amide bonds. The Labute approximate surface area is 98.5 Å². The molecule has 90 valence electrons. The van der Waals surface area contributed by atoms with Crippen molar-refractivity contribution in [2.75, 3.05) is 0 Å². The Morgan fingerprint density at radius 2 is 1.82 bits per heavy atom. The maximum atomic E-state index is 11.5. The summed E-state index contributed by atoms with van der Waals surface area (Å²) in [5.41, 5.74) is 1.20. The number of carbonyl (C=O) groups excluding carboxylic acids is 2. The molecule has 0 bridgehead atoms. The summed E-state index contributed by atoms with van der Waals surface area (Å²) in [6, 6.07) is 6.79. The van der Waals surface area contributed by atoms with E-state index in [2.05, 4.69) is 21.4 Å². The van der Waals surface area contributed by atoms with Gasteiger partial charge in [0.25, 0.3) is 0 Å². The monoisotopic (exact) mass is 236 g/mol. The number of hydrogen-bond donors (Lipinski definition) is 0. The van der Waals surface area contributed by atoms with Crippen LogP contribution in [0.25, 0.3) is 0 Å². The van der Waals surface area contributed by atoms with Gasteiger partial charge in [0.2, 0.25) is 0 Å². The molecule has 0 aliphatic carbocycles. The van der Waals surface area contributed by atoms with Crippen LogP contribution in [0, 0.1) is 6.92 Å². The van der Waals surface area contributed by atoms with E-state index >= 15 is 0 Å². The zero-order valence-electron chi connectivity index (χ0n) is 9.56. The molecule has 0 aliphatic heterocycles. The Balaban J connectivity index is 2.49. The molecule has 0 atom stereocenters. The van der Waals surface area contributed by atoms with E-state index in [4.69, 9.17) is 0 Å². The molecule has 1 aromatic carbocycles. The molecule has 0 aromatic heterocycles. The summed E-state index contributed by atoms with van der Waals surface area (Å²) in [4.78, 5) is 30.8. The van der Waals surface area contributed by atoms with Gasteiger partial charge in [0, 0.05) is 10.6 Å². The van der Waals surface area contributed by atoms with Crippen molar-refractivity contribution in [2.45, 2.75) is 13.8 Å². The van der Waals surface area contributed by atoms with Crippen LogP contribution in [0.2, 0.25) is 0 Å². The molecular formula is C12H12O5. The molecule has 0 saturated heterocycles. The zero-order chi connectivity index (χ0) is 12.8. The van der Waals surface area contributed by atoms with Crippen molar-refractivity contribution >= 4 is 11.9 Å². The van der Waals surface area contributed by atoms with Crippen LogP contribution in [0.15, 0.2) is 36.4 Å².